The Kier molecular flexibility index (Phi) is 7.45. The van der Waals surface area contributed by atoms with Gasteiger partial charge in [0.05, 0.1) is 17.2 Å². The Balaban J connectivity index is 1.50. The van der Waals surface area contributed by atoms with Crippen molar-refractivity contribution in [2.75, 3.05) is 10.6 Å². The number of nitrogens with one attached hydrogen (secondary N) is 2. The van der Waals surface area contributed by atoms with Gasteiger partial charge in [0.1, 0.15) is 0 Å². The van der Waals surface area contributed by atoms with Crippen LogP contribution in [0.25, 0.3) is 0 Å². The van der Waals surface area contributed by atoms with Crippen molar-refractivity contribution < 1.29 is 19.5 Å². The highest BCUT2D eigenvalue weighted by atomic mass is 32.2. The lowest BCUT2D eigenvalue weighted by Crippen LogP contribution is -2.22. The van der Waals surface area contributed by atoms with E-state index in [1.165, 1.54) is 23.9 Å². The summed E-state index contributed by atoms with van der Waals surface area (Å²) in [7, 11) is 0. The van der Waals surface area contributed by atoms with Crippen LogP contribution in [0.3, 0.4) is 0 Å². The topological polar surface area (TPSA) is 95.5 Å². The minimum atomic E-state index is -1.01. The predicted molar refractivity (Wildman–Crippen MR) is 123 cm³/mol. The van der Waals surface area contributed by atoms with Crippen molar-refractivity contribution in [3.8, 4) is 0 Å². The quantitative estimate of drug-likeness (QED) is 0.447. The summed E-state index contributed by atoms with van der Waals surface area (Å²) in [6.45, 7) is 1.79. The number of carbonyl (C=O) groups excluding carboxylic acids is 2. The molecule has 1 unspecified atom stereocenters. The zero-order valence-corrected chi connectivity index (χ0v) is 17.7. The fourth-order valence-electron chi connectivity index (χ4n) is 2.80. The number of carbonyl (C=O) groups is 3. The minimum absolute atomic E-state index is 0.0896. The normalized spacial score (nSPS) is 11.4. The first-order chi connectivity index (χ1) is 14.9. The summed E-state index contributed by atoms with van der Waals surface area (Å²) in [5.74, 6) is -1.29. The van der Waals surface area contributed by atoms with Gasteiger partial charge < -0.3 is 15.7 Å². The molecule has 3 N–H and O–H groups in total. The van der Waals surface area contributed by atoms with Crippen LogP contribution in [0.1, 0.15) is 22.8 Å². The first-order valence-corrected chi connectivity index (χ1v) is 10.5. The molecular weight excluding hydrogens is 412 g/mol. The van der Waals surface area contributed by atoms with E-state index in [0.717, 1.165) is 10.5 Å². The molecule has 0 spiro atoms. The number of benzene rings is 3. The van der Waals surface area contributed by atoms with Gasteiger partial charge in [-0.1, -0.05) is 30.3 Å². The number of hydrogen-bond acceptors (Lipinski definition) is 4. The standard InChI is InChI=1S/C24H22N2O4S/c1-16(23(28)26-20-9-7-18(8-10-20)24(29)30)31-21-13-11-19(12-14-21)25-22(27)15-17-5-3-2-4-6-17/h2-14,16H,15H2,1H3,(H,25,27)(H,26,28)(H,29,30). The number of aromatic carboxylic acids is 1. The summed E-state index contributed by atoms with van der Waals surface area (Å²) in [6, 6.07) is 22.9. The van der Waals surface area contributed by atoms with Crippen LogP contribution in [-0.2, 0) is 16.0 Å². The van der Waals surface area contributed by atoms with Gasteiger partial charge in [-0.05, 0) is 61.0 Å². The van der Waals surface area contributed by atoms with Crippen LogP contribution in [0, 0.1) is 0 Å². The molecule has 0 heterocycles. The molecule has 0 aliphatic rings. The van der Waals surface area contributed by atoms with E-state index in [2.05, 4.69) is 10.6 Å². The smallest absolute Gasteiger partial charge is 0.335 e. The molecule has 0 saturated heterocycles. The van der Waals surface area contributed by atoms with E-state index in [0.29, 0.717) is 17.8 Å². The van der Waals surface area contributed by atoms with Crippen LogP contribution < -0.4 is 10.6 Å². The van der Waals surface area contributed by atoms with E-state index < -0.39 is 5.97 Å². The van der Waals surface area contributed by atoms with Crippen molar-refractivity contribution in [1.29, 1.82) is 0 Å². The van der Waals surface area contributed by atoms with Gasteiger partial charge in [0.15, 0.2) is 0 Å². The molecular formula is C24H22N2O4S. The molecule has 3 rings (SSSR count). The lowest BCUT2D eigenvalue weighted by atomic mass is 10.1. The average molecular weight is 435 g/mol. The number of rotatable bonds is 8. The molecule has 1 atom stereocenters. The number of carboxylic acid groups (broad SMARTS) is 1. The van der Waals surface area contributed by atoms with Gasteiger partial charge in [-0.2, -0.15) is 0 Å². The third-order valence-corrected chi connectivity index (χ3v) is 5.54. The van der Waals surface area contributed by atoms with Crippen LogP contribution in [0.5, 0.6) is 0 Å². The Labute approximate surface area is 184 Å². The van der Waals surface area contributed by atoms with Crippen molar-refractivity contribution in [3.05, 3.63) is 90.0 Å². The molecule has 0 aliphatic heterocycles. The third kappa shape index (κ3) is 6.72. The lowest BCUT2D eigenvalue weighted by molar-refractivity contribution is -0.116. The van der Waals surface area contributed by atoms with Crippen molar-refractivity contribution >= 4 is 40.9 Å². The average Bonchev–Trinajstić information content (AvgIpc) is 2.76. The highest BCUT2D eigenvalue weighted by Crippen LogP contribution is 2.26. The summed E-state index contributed by atoms with van der Waals surface area (Å²) in [5, 5.41) is 14.2. The number of carboxylic acids is 1. The van der Waals surface area contributed by atoms with Gasteiger partial charge in [0.25, 0.3) is 0 Å². The van der Waals surface area contributed by atoms with Crippen molar-refractivity contribution in [1.82, 2.24) is 0 Å². The lowest BCUT2D eigenvalue weighted by Gasteiger charge is -2.13. The van der Waals surface area contributed by atoms with Gasteiger partial charge >= 0.3 is 5.97 Å². The summed E-state index contributed by atoms with van der Waals surface area (Å²) >= 11 is 1.39. The van der Waals surface area contributed by atoms with Crippen molar-refractivity contribution in [3.63, 3.8) is 0 Å². The Morgan fingerprint density at radius 2 is 1.42 bits per heavy atom. The Bertz CT molecular complexity index is 1050. The Morgan fingerprint density at radius 1 is 0.839 bits per heavy atom. The molecule has 2 amide bonds. The maximum Gasteiger partial charge on any atom is 0.335 e. The van der Waals surface area contributed by atoms with Gasteiger partial charge in [0, 0.05) is 16.3 Å². The summed E-state index contributed by atoms with van der Waals surface area (Å²) in [4.78, 5) is 36.4. The number of hydrogen-bond donors (Lipinski definition) is 3. The van der Waals surface area contributed by atoms with E-state index in [4.69, 9.17) is 5.11 Å². The molecule has 7 heteroatoms. The van der Waals surface area contributed by atoms with E-state index in [1.54, 1.807) is 31.2 Å². The molecule has 0 bridgehead atoms. The zero-order chi connectivity index (χ0) is 22.2. The maximum absolute atomic E-state index is 12.4. The number of thioether (sulfide) groups is 1. The molecule has 3 aromatic rings. The van der Waals surface area contributed by atoms with Gasteiger partial charge in [-0.15, -0.1) is 11.8 Å². The molecule has 0 aromatic heterocycles. The van der Waals surface area contributed by atoms with Crippen molar-refractivity contribution in [2.45, 2.75) is 23.5 Å². The van der Waals surface area contributed by atoms with Gasteiger partial charge in [0.2, 0.25) is 11.8 Å². The molecule has 0 fully saturated rings. The van der Waals surface area contributed by atoms with E-state index >= 15 is 0 Å². The van der Waals surface area contributed by atoms with Gasteiger partial charge in [-0.25, -0.2) is 4.79 Å². The first-order valence-electron chi connectivity index (χ1n) is 9.65. The van der Waals surface area contributed by atoms with E-state index in [-0.39, 0.29) is 22.6 Å². The fourth-order valence-corrected chi connectivity index (χ4v) is 3.67. The Morgan fingerprint density at radius 3 is 2.03 bits per heavy atom. The molecule has 0 saturated carbocycles. The largest absolute Gasteiger partial charge is 0.478 e. The Hall–Kier alpha value is -3.58. The zero-order valence-electron chi connectivity index (χ0n) is 16.9. The maximum atomic E-state index is 12.4. The second kappa shape index (κ2) is 10.4. The van der Waals surface area contributed by atoms with Crippen LogP contribution in [0.2, 0.25) is 0 Å². The monoisotopic (exact) mass is 434 g/mol. The molecule has 3 aromatic carbocycles. The molecule has 0 aliphatic carbocycles. The van der Waals surface area contributed by atoms with Crippen molar-refractivity contribution in [2.24, 2.45) is 0 Å². The van der Waals surface area contributed by atoms with Crippen LogP contribution in [0.15, 0.2) is 83.8 Å². The summed E-state index contributed by atoms with van der Waals surface area (Å²) in [5.41, 5.74) is 2.35. The number of amides is 2. The summed E-state index contributed by atoms with van der Waals surface area (Å²) in [6.07, 6.45) is 0.308. The first kappa shape index (κ1) is 22.1. The van der Waals surface area contributed by atoms with E-state index in [9.17, 15) is 14.4 Å². The molecule has 31 heavy (non-hydrogen) atoms. The highest BCUT2D eigenvalue weighted by molar-refractivity contribution is 8.00. The predicted octanol–water partition coefficient (Wildman–Crippen LogP) is 4.69. The van der Waals surface area contributed by atoms with Gasteiger partial charge in [-0.3, -0.25) is 9.59 Å². The molecule has 0 radical (unpaired) electrons. The fraction of sp³-hybridized carbons (Fsp3) is 0.125. The van der Waals surface area contributed by atoms with Crippen LogP contribution >= 0.6 is 11.8 Å². The third-order valence-electron chi connectivity index (χ3n) is 4.43. The molecule has 158 valence electrons. The minimum Gasteiger partial charge on any atom is -0.478 e. The SMILES string of the molecule is CC(Sc1ccc(NC(=O)Cc2ccccc2)cc1)C(=O)Nc1ccc(C(=O)O)cc1. The number of anilines is 2. The highest BCUT2D eigenvalue weighted by Gasteiger charge is 2.15. The summed E-state index contributed by atoms with van der Waals surface area (Å²) < 4.78 is 0. The second-order valence-corrected chi connectivity index (χ2v) is 8.28. The molecule has 6 nitrogen and oxygen atoms in total. The van der Waals surface area contributed by atoms with Crippen LogP contribution in [-0.4, -0.2) is 28.1 Å². The van der Waals surface area contributed by atoms with Crippen LogP contribution in [0.4, 0.5) is 11.4 Å². The van der Waals surface area contributed by atoms with E-state index in [1.807, 2.05) is 42.5 Å². The second-order valence-electron chi connectivity index (χ2n) is 6.87.